The quantitative estimate of drug-likeness (QED) is 0.888. The maximum atomic E-state index is 4.92. The molecule has 18 heavy (non-hydrogen) atoms. The lowest BCUT2D eigenvalue weighted by Gasteiger charge is -2.18. The van der Waals surface area contributed by atoms with Gasteiger partial charge in [-0.25, -0.2) is 4.98 Å². The molecule has 1 N–H and O–H groups in total. The number of nitrogens with zero attached hydrogens (tertiary/aromatic N) is 2. The molecule has 3 nitrogen and oxygen atoms in total. The van der Waals surface area contributed by atoms with Gasteiger partial charge in [0.05, 0.1) is 10.7 Å². The summed E-state index contributed by atoms with van der Waals surface area (Å²) in [6.45, 7) is 7.97. The smallest absolute Gasteiger partial charge is 0.0972 e. The summed E-state index contributed by atoms with van der Waals surface area (Å²) in [5.74, 6) is 1.84. The molecule has 0 aliphatic carbocycles. The average Bonchev–Trinajstić information content (AvgIpc) is 2.93. The largest absolute Gasteiger partial charge is 0.319 e. The lowest BCUT2D eigenvalue weighted by Crippen LogP contribution is -2.21. The van der Waals surface area contributed by atoms with Gasteiger partial charge in [0, 0.05) is 30.3 Å². The molecule has 1 aromatic heterocycles. The van der Waals surface area contributed by atoms with Gasteiger partial charge in [0.1, 0.15) is 0 Å². The summed E-state index contributed by atoms with van der Waals surface area (Å²) in [6, 6.07) is 0. The van der Waals surface area contributed by atoms with Crippen LogP contribution in [0.3, 0.4) is 0 Å². The molecule has 1 aromatic rings. The topological polar surface area (TPSA) is 28.2 Å². The molecule has 4 heteroatoms. The number of hydrogen-bond donors (Lipinski definition) is 1. The van der Waals surface area contributed by atoms with E-state index in [0.717, 1.165) is 6.54 Å². The molecule has 0 aromatic carbocycles. The van der Waals surface area contributed by atoms with Crippen LogP contribution in [0.15, 0.2) is 5.38 Å². The second-order valence-corrected chi connectivity index (χ2v) is 6.66. The number of likely N-dealkylation sites (tertiary alicyclic amines) is 1. The van der Waals surface area contributed by atoms with Crippen LogP contribution in [-0.4, -0.2) is 43.6 Å². The fourth-order valence-corrected chi connectivity index (χ4v) is 3.71. The van der Waals surface area contributed by atoms with E-state index in [-0.39, 0.29) is 0 Å². The van der Waals surface area contributed by atoms with Gasteiger partial charge in [0.15, 0.2) is 0 Å². The molecule has 1 aliphatic heterocycles. The predicted molar refractivity (Wildman–Crippen MR) is 78.5 cm³/mol. The predicted octanol–water partition coefficient (Wildman–Crippen LogP) is 2.52. The molecule has 102 valence electrons. The van der Waals surface area contributed by atoms with E-state index < -0.39 is 0 Å². The molecule has 2 unspecified atom stereocenters. The molecule has 0 bridgehead atoms. The van der Waals surface area contributed by atoms with E-state index in [0.29, 0.717) is 17.8 Å². The highest BCUT2D eigenvalue weighted by atomic mass is 32.1. The van der Waals surface area contributed by atoms with E-state index >= 15 is 0 Å². The first kappa shape index (κ1) is 14.0. The Kier molecular flexibility index (Phi) is 4.76. The van der Waals surface area contributed by atoms with Gasteiger partial charge in [-0.2, -0.15) is 0 Å². The van der Waals surface area contributed by atoms with E-state index in [1.807, 2.05) is 18.4 Å². The number of aromatic nitrogens is 1. The normalized spacial score (nSPS) is 22.8. The van der Waals surface area contributed by atoms with Crippen LogP contribution in [0, 0.1) is 5.92 Å². The van der Waals surface area contributed by atoms with Gasteiger partial charge in [-0.05, 0) is 33.0 Å². The summed E-state index contributed by atoms with van der Waals surface area (Å²) in [5, 5.41) is 6.91. The van der Waals surface area contributed by atoms with Crippen molar-refractivity contribution in [1.82, 2.24) is 15.2 Å². The summed E-state index contributed by atoms with van der Waals surface area (Å²) in [4.78, 5) is 7.32. The van der Waals surface area contributed by atoms with Gasteiger partial charge < -0.3 is 10.2 Å². The van der Waals surface area contributed by atoms with Crippen molar-refractivity contribution in [2.75, 3.05) is 33.7 Å². The molecular weight excluding hydrogens is 242 g/mol. The molecule has 0 radical (unpaired) electrons. The Bertz CT molecular complexity index is 375. The van der Waals surface area contributed by atoms with E-state index in [1.165, 1.54) is 30.2 Å². The van der Waals surface area contributed by atoms with E-state index in [2.05, 4.69) is 36.5 Å². The highest BCUT2D eigenvalue weighted by molar-refractivity contribution is 7.09. The van der Waals surface area contributed by atoms with Crippen molar-refractivity contribution in [1.29, 1.82) is 0 Å². The molecule has 1 saturated heterocycles. The maximum absolute atomic E-state index is 4.92. The zero-order valence-electron chi connectivity index (χ0n) is 11.9. The highest BCUT2D eigenvalue weighted by Crippen LogP contribution is 2.32. The molecule has 2 heterocycles. The molecule has 0 saturated carbocycles. The number of nitrogens with one attached hydrogen (secondary N) is 1. The summed E-state index contributed by atoms with van der Waals surface area (Å²) < 4.78 is 0. The van der Waals surface area contributed by atoms with E-state index in [1.54, 1.807) is 0 Å². The van der Waals surface area contributed by atoms with Crippen molar-refractivity contribution < 1.29 is 0 Å². The molecular formula is C14H25N3S. The van der Waals surface area contributed by atoms with Crippen molar-refractivity contribution in [3.63, 3.8) is 0 Å². The molecule has 1 aliphatic rings. The van der Waals surface area contributed by atoms with Crippen molar-refractivity contribution in [3.05, 3.63) is 16.1 Å². The molecule has 2 rings (SSSR count). The minimum atomic E-state index is 0.541. The Labute approximate surface area is 115 Å². The average molecular weight is 267 g/mol. The number of thiazole rings is 1. The minimum absolute atomic E-state index is 0.541. The maximum Gasteiger partial charge on any atom is 0.0972 e. The SMILES string of the molecule is CNCC(c1csc(C2CCN(C)C2)n1)C(C)C. The highest BCUT2D eigenvalue weighted by Gasteiger charge is 2.25. The second kappa shape index (κ2) is 6.13. The van der Waals surface area contributed by atoms with Crippen molar-refractivity contribution in [2.24, 2.45) is 5.92 Å². The Hall–Kier alpha value is -0.450. The van der Waals surface area contributed by atoms with Crippen molar-refractivity contribution >= 4 is 11.3 Å². The lowest BCUT2D eigenvalue weighted by molar-refractivity contribution is 0.411. The van der Waals surface area contributed by atoms with Crippen LogP contribution in [0.4, 0.5) is 0 Å². The Morgan fingerprint density at radius 2 is 2.33 bits per heavy atom. The molecule has 0 spiro atoms. The van der Waals surface area contributed by atoms with Crippen molar-refractivity contribution in [2.45, 2.75) is 32.1 Å². The van der Waals surface area contributed by atoms with Gasteiger partial charge in [-0.15, -0.1) is 11.3 Å². The van der Waals surface area contributed by atoms with Gasteiger partial charge >= 0.3 is 0 Å². The van der Waals surface area contributed by atoms with Crippen LogP contribution in [0.1, 0.15) is 42.8 Å². The van der Waals surface area contributed by atoms with Gasteiger partial charge in [0.2, 0.25) is 0 Å². The molecule has 2 atom stereocenters. The summed E-state index contributed by atoms with van der Waals surface area (Å²) in [7, 11) is 4.22. The third-order valence-corrected chi connectivity index (χ3v) is 4.91. The second-order valence-electron chi connectivity index (χ2n) is 5.77. The zero-order valence-corrected chi connectivity index (χ0v) is 12.8. The Morgan fingerprint density at radius 1 is 1.56 bits per heavy atom. The third kappa shape index (κ3) is 3.11. The van der Waals surface area contributed by atoms with Gasteiger partial charge in [-0.1, -0.05) is 13.8 Å². The number of hydrogen-bond acceptors (Lipinski definition) is 4. The standard InChI is InChI=1S/C14H25N3S/c1-10(2)12(7-15-3)13-9-18-14(16-13)11-5-6-17(4)8-11/h9-12,15H,5-8H2,1-4H3. The van der Waals surface area contributed by atoms with Crippen LogP contribution in [0.5, 0.6) is 0 Å². The number of rotatable bonds is 5. The van der Waals surface area contributed by atoms with E-state index in [4.69, 9.17) is 4.98 Å². The lowest BCUT2D eigenvalue weighted by atomic mass is 9.93. The minimum Gasteiger partial charge on any atom is -0.319 e. The first-order valence-electron chi connectivity index (χ1n) is 6.90. The van der Waals surface area contributed by atoms with Crippen LogP contribution < -0.4 is 5.32 Å². The van der Waals surface area contributed by atoms with Crippen LogP contribution in [-0.2, 0) is 0 Å². The summed E-state index contributed by atoms with van der Waals surface area (Å²) in [6.07, 6.45) is 1.27. The molecule has 1 fully saturated rings. The number of likely N-dealkylation sites (N-methyl/N-ethyl adjacent to an activating group) is 2. The fraction of sp³-hybridized carbons (Fsp3) is 0.786. The third-order valence-electron chi connectivity index (χ3n) is 3.89. The van der Waals surface area contributed by atoms with Crippen LogP contribution >= 0.6 is 11.3 Å². The van der Waals surface area contributed by atoms with Crippen LogP contribution in [0.2, 0.25) is 0 Å². The molecule has 0 amide bonds. The summed E-state index contributed by atoms with van der Waals surface area (Å²) >= 11 is 1.85. The first-order valence-corrected chi connectivity index (χ1v) is 7.78. The first-order chi connectivity index (χ1) is 8.61. The van der Waals surface area contributed by atoms with E-state index in [9.17, 15) is 0 Å². The van der Waals surface area contributed by atoms with Gasteiger partial charge in [-0.3, -0.25) is 0 Å². The Balaban J connectivity index is 2.08. The fourth-order valence-electron chi connectivity index (χ4n) is 2.70. The van der Waals surface area contributed by atoms with Crippen molar-refractivity contribution in [3.8, 4) is 0 Å². The zero-order chi connectivity index (χ0) is 13.1. The monoisotopic (exact) mass is 267 g/mol. The van der Waals surface area contributed by atoms with Crippen LogP contribution in [0.25, 0.3) is 0 Å². The summed E-state index contributed by atoms with van der Waals surface area (Å²) in [5.41, 5.74) is 1.29. The van der Waals surface area contributed by atoms with Gasteiger partial charge in [0.25, 0.3) is 0 Å². The Morgan fingerprint density at radius 3 is 2.89 bits per heavy atom.